The first kappa shape index (κ1) is 8.49. The molecule has 0 radical (unpaired) electrons. The molecule has 0 spiro atoms. The summed E-state index contributed by atoms with van der Waals surface area (Å²) in [5.41, 5.74) is 1.64. The Hall–Kier alpha value is -1.11. The summed E-state index contributed by atoms with van der Waals surface area (Å²) in [7, 11) is 0. The van der Waals surface area contributed by atoms with Crippen LogP contribution in [0.5, 0.6) is 0 Å². The normalized spacial score (nSPS) is 9.92. The lowest BCUT2D eigenvalue weighted by molar-refractivity contribution is 1.10. The number of hydrogen-bond acceptors (Lipinski definition) is 4. The quantitative estimate of drug-likeness (QED) is 0.588. The number of rotatable bonds is 1. The van der Waals surface area contributed by atoms with Crippen LogP contribution in [0.25, 0.3) is 11.4 Å². The van der Waals surface area contributed by atoms with Crippen LogP contribution in [-0.4, -0.2) is 19.9 Å². The topological polar surface area (TPSA) is 51.6 Å². The summed E-state index contributed by atoms with van der Waals surface area (Å²) in [6.45, 7) is 0. The molecule has 2 aromatic rings. The van der Waals surface area contributed by atoms with E-state index in [4.69, 9.17) is 0 Å². The van der Waals surface area contributed by atoms with E-state index in [0.29, 0.717) is 0 Å². The molecule has 5 heteroatoms. The number of aromatic nitrogens is 4. The summed E-state index contributed by atoms with van der Waals surface area (Å²) in [5, 5.41) is 0. The molecular formula is C8H5IN4. The van der Waals surface area contributed by atoms with Crippen molar-refractivity contribution in [3.05, 3.63) is 34.7 Å². The van der Waals surface area contributed by atoms with E-state index >= 15 is 0 Å². The van der Waals surface area contributed by atoms with Gasteiger partial charge >= 0.3 is 0 Å². The van der Waals surface area contributed by atoms with E-state index < -0.39 is 0 Å². The average molecular weight is 284 g/mol. The fourth-order valence-corrected chi connectivity index (χ4v) is 1.34. The number of halogens is 1. The van der Waals surface area contributed by atoms with Gasteiger partial charge in [0.1, 0.15) is 16.4 Å². The molecule has 2 rings (SSSR count). The molecule has 64 valence electrons. The molecule has 0 aromatic carbocycles. The molecule has 2 aromatic heterocycles. The van der Waals surface area contributed by atoms with Gasteiger partial charge in [0.2, 0.25) is 0 Å². The monoisotopic (exact) mass is 284 g/mol. The summed E-state index contributed by atoms with van der Waals surface area (Å²) in [4.78, 5) is 16.0. The Balaban J connectivity index is 2.48. The van der Waals surface area contributed by atoms with Crippen molar-refractivity contribution in [2.45, 2.75) is 0 Å². The van der Waals surface area contributed by atoms with Crippen LogP contribution < -0.4 is 0 Å². The van der Waals surface area contributed by atoms with Gasteiger partial charge in [-0.05, 0) is 34.7 Å². The van der Waals surface area contributed by atoms with Gasteiger partial charge in [-0.2, -0.15) is 0 Å². The van der Waals surface area contributed by atoms with Crippen LogP contribution in [0.4, 0.5) is 0 Å². The van der Waals surface area contributed by atoms with E-state index in [1.54, 1.807) is 6.20 Å². The maximum atomic E-state index is 4.10. The van der Waals surface area contributed by atoms with E-state index in [1.807, 2.05) is 12.1 Å². The Bertz CT molecular complexity index is 404. The summed E-state index contributed by atoms with van der Waals surface area (Å²) in [6, 6.07) is 3.70. The van der Waals surface area contributed by atoms with Crippen LogP contribution in [0.15, 0.2) is 31.0 Å². The summed E-state index contributed by atoms with van der Waals surface area (Å²) in [6.07, 6.45) is 4.72. The van der Waals surface area contributed by atoms with Crippen molar-refractivity contribution in [3.63, 3.8) is 0 Å². The highest BCUT2D eigenvalue weighted by molar-refractivity contribution is 14.1. The average Bonchev–Trinajstić information content (AvgIpc) is 2.19. The summed E-state index contributed by atoms with van der Waals surface area (Å²) < 4.78 is 0.904. The molecule has 0 aliphatic rings. The Morgan fingerprint density at radius 2 is 1.85 bits per heavy atom. The second-order valence-corrected chi connectivity index (χ2v) is 3.43. The molecule has 0 atom stereocenters. The SMILES string of the molecule is Ic1cc(-c2ccncn2)ncn1. The van der Waals surface area contributed by atoms with Crippen molar-refractivity contribution in [3.8, 4) is 11.4 Å². The van der Waals surface area contributed by atoms with E-state index in [9.17, 15) is 0 Å². The zero-order valence-electron chi connectivity index (χ0n) is 6.55. The summed E-state index contributed by atoms with van der Waals surface area (Å²) >= 11 is 2.14. The number of hydrogen-bond donors (Lipinski definition) is 0. The van der Waals surface area contributed by atoms with Crippen molar-refractivity contribution in [2.24, 2.45) is 0 Å². The first-order chi connectivity index (χ1) is 6.36. The number of nitrogens with zero attached hydrogens (tertiary/aromatic N) is 4. The van der Waals surface area contributed by atoms with Crippen LogP contribution >= 0.6 is 22.6 Å². The molecule has 0 aliphatic carbocycles. The predicted molar refractivity (Wildman–Crippen MR) is 55.8 cm³/mol. The van der Waals surface area contributed by atoms with Crippen LogP contribution in [0.2, 0.25) is 0 Å². The lowest BCUT2D eigenvalue weighted by Gasteiger charge is -1.97. The van der Waals surface area contributed by atoms with Crippen molar-refractivity contribution in [2.75, 3.05) is 0 Å². The predicted octanol–water partition coefficient (Wildman–Crippen LogP) is 1.54. The molecule has 0 saturated carbocycles. The van der Waals surface area contributed by atoms with Crippen molar-refractivity contribution in [1.82, 2.24) is 19.9 Å². The Labute approximate surface area is 88.6 Å². The maximum Gasteiger partial charge on any atom is 0.117 e. The molecular weight excluding hydrogens is 279 g/mol. The lowest BCUT2D eigenvalue weighted by atomic mass is 10.3. The van der Waals surface area contributed by atoms with Gasteiger partial charge in [-0.3, -0.25) is 0 Å². The zero-order chi connectivity index (χ0) is 9.10. The van der Waals surface area contributed by atoms with Gasteiger partial charge in [0.15, 0.2) is 0 Å². The molecule has 2 heterocycles. The minimum absolute atomic E-state index is 0.815. The Kier molecular flexibility index (Phi) is 2.44. The molecule has 0 saturated heterocycles. The van der Waals surface area contributed by atoms with E-state index in [-0.39, 0.29) is 0 Å². The zero-order valence-corrected chi connectivity index (χ0v) is 8.71. The standard InChI is InChI=1S/C8H5IN4/c9-8-3-7(12-5-13-8)6-1-2-10-4-11-6/h1-5H. The Morgan fingerprint density at radius 3 is 2.54 bits per heavy atom. The maximum absolute atomic E-state index is 4.10. The Morgan fingerprint density at radius 1 is 1.00 bits per heavy atom. The van der Waals surface area contributed by atoms with Gasteiger partial charge in [0.25, 0.3) is 0 Å². The van der Waals surface area contributed by atoms with Crippen molar-refractivity contribution < 1.29 is 0 Å². The highest BCUT2D eigenvalue weighted by Crippen LogP contribution is 2.13. The summed E-state index contributed by atoms with van der Waals surface area (Å²) in [5.74, 6) is 0. The largest absolute Gasteiger partial charge is 0.245 e. The smallest absolute Gasteiger partial charge is 0.117 e. The fourth-order valence-electron chi connectivity index (χ4n) is 0.916. The molecule has 0 unspecified atom stereocenters. The third kappa shape index (κ3) is 1.97. The fraction of sp³-hybridized carbons (Fsp3) is 0. The third-order valence-electron chi connectivity index (χ3n) is 1.48. The highest BCUT2D eigenvalue weighted by Gasteiger charge is 1.99. The first-order valence-electron chi connectivity index (χ1n) is 3.60. The molecule has 0 bridgehead atoms. The van der Waals surface area contributed by atoms with Gasteiger partial charge in [0.05, 0.1) is 11.4 Å². The van der Waals surface area contributed by atoms with Gasteiger partial charge in [-0.1, -0.05) is 0 Å². The van der Waals surface area contributed by atoms with Crippen molar-refractivity contribution >= 4 is 22.6 Å². The van der Waals surface area contributed by atoms with E-state index in [2.05, 4.69) is 42.5 Å². The van der Waals surface area contributed by atoms with Gasteiger partial charge in [-0.15, -0.1) is 0 Å². The molecule has 0 N–H and O–H groups in total. The second kappa shape index (κ2) is 3.73. The minimum Gasteiger partial charge on any atom is -0.245 e. The molecule has 0 aliphatic heterocycles. The van der Waals surface area contributed by atoms with Crippen molar-refractivity contribution in [1.29, 1.82) is 0 Å². The minimum atomic E-state index is 0.815. The van der Waals surface area contributed by atoms with Gasteiger partial charge in [0, 0.05) is 6.20 Å². The van der Waals surface area contributed by atoms with Crippen LogP contribution in [-0.2, 0) is 0 Å². The van der Waals surface area contributed by atoms with Gasteiger partial charge in [-0.25, -0.2) is 19.9 Å². The van der Waals surface area contributed by atoms with Crippen LogP contribution in [0.1, 0.15) is 0 Å². The van der Waals surface area contributed by atoms with Gasteiger partial charge < -0.3 is 0 Å². The first-order valence-corrected chi connectivity index (χ1v) is 4.68. The lowest BCUT2D eigenvalue weighted by Crippen LogP contribution is -1.90. The highest BCUT2D eigenvalue weighted by atomic mass is 127. The van der Waals surface area contributed by atoms with Crippen LogP contribution in [0, 0.1) is 3.70 Å². The van der Waals surface area contributed by atoms with E-state index in [0.717, 1.165) is 15.1 Å². The molecule has 4 nitrogen and oxygen atoms in total. The van der Waals surface area contributed by atoms with Crippen LogP contribution in [0.3, 0.4) is 0 Å². The second-order valence-electron chi connectivity index (χ2n) is 2.32. The molecule has 0 amide bonds. The molecule has 13 heavy (non-hydrogen) atoms. The van der Waals surface area contributed by atoms with E-state index in [1.165, 1.54) is 12.7 Å². The third-order valence-corrected chi connectivity index (χ3v) is 2.07. The molecule has 0 fully saturated rings.